The molecular formula is C20H26ClF3IN5O. The third kappa shape index (κ3) is 7.81. The van der Waals surface area contributed by atoms with Gasteiger partial charge in [0.2, 0.25) is 11.7 Å². The van der Waals surface area contributed by atoms with Gasteiger partial charge in [-0.2, -0.15) is 18.2 Å². The first-order valence-electron chi connectivity index (χ1n) is 10.0. The zero-order chi connectivity index (χ0) is 21.6. The van der Waals surface area contributed by atoms with E-state index >= 15 is 0 Å². The Balaban J connectivity index is 0.00000341. The number of aromatic nitrogens is 2. The lowest BCUT2D eigenvalue weighted by molar-refractivity contribution is -0.183. The van der Waals surface area contributed by atoms with Gasteiger partial charge in [-0.3, -0.25) is 4.99 Å². The molecule has 2 aromatic rings. The van der Waals surface area contributed by atoms with Crippen molar-refractivity contribution in [2.24, 2.45) is 10.9 Å². The van der Waals surface area contributed by atoms with Crippen LogP contribution in [0.1, 0.15) is 38.5 Å². The van der Waals surface area contributed by atoms with Gasteiger partial charge in [-0.15, -0.1) is 24.0 Å². The molecule has 11 heteroatoms. The summed E-state index contributed by atoms with van der Waals surface area (Å²) in [5.74, 6) is 0.157. The van der Waals surface area contributed by atoms with Crippen molar-refractivity contribution in [3.05, 3.63) is 35.2 Å². The highest BCUT2D eigenvalue weighted by molar-refractivity contribution is 14.0. The molecule has 2 N–H and O–H groups in total. The second-order valence-electron chi connectivity index (χ2n) is 7.28. The van der Waals surface area contributed by atoms with Crippen molar-refractivity contribution in [3.63, 3.8) is 0 Å². The van der Waals surface area contributed by atoms with Crippen molar-refractivity contribution >= 4 is 41.5 Å². The number of hydrogen-bond donors (Lipinski definition) is 2. The monoisotopic (exact) mass is 571 g/mol. The molecule has 0 aliphatic heterocycles. The van der Waals surface area contributed by atoms with E-state index < -0.39 is 12.1 Å². The second kappa shape index (κ2) is 11.9. The molecule has 3 rings (SSSR count). The first-order valence-corrected chi connectivity index (χ1v) is 10.4. The fourth-order valence-electron chi connectivity index (χ4n) is 3.47. The molecule has 0 radical (unpaired) electrons. The van der Waals surface area contributed by atoms with Crippen molar-refractivity contribution in [1.29, 1.82) is 0 Å². The summed E-state index contributed by atoms with van der Waals surface area (Å²) in [5, 5.41) is 10.8. The maximum Gasteiger partial charge on any atom is 0.391 e. The molecule has 0 amide bonds. The number of nitrogens with one attached hydrogen (secondary N) is 2. The van der Waals surface area contributed by atoms with Crippen LogP contribution >= 0.6 is 35.6 Å². The molecule has 0 saturated heterocycles. The molecule has 1 aliphatic carbocycles. The molecule has 1 saturated carbocycles. The van der Waals surface area contributed by atoms with Gasteiger partial charge >= 0.3 is 6.18 Å². The van der Waals surface area contributed by atoms with Crippen LogP contribution in [-0.2, 0) is 6.42 Å². The Bertz CT molecular complexity index is 844. The highest BCUT2D eigenvalue weighted by Gasteiger charge is 2.42. The van der Waals surface area contributed by atoms with Gasteiger partial charge in [-0.05, 0) is 50.5 Å². The Hall–Kier alpha value is -1.56. The molecule has 6 nitrogen and oxygen atoms in total. The van der Waals surface area contributed by atoms with Crippen LogP contribution in [0, 0.1) is 5.92 Å². The Morgan fingerprint density at radius 3 is 2.68 bits per heavy atom. The van der Waals surface area contributed by atoms with E-state index in [4.69, 9.17) is 16.1 Å². The predicted molar refractivity (Wildman–Crippen MR) is 125 cm³/mol. The van der Waals surface area contributed by atoms with Crippen LogP contribution in [-0.4, -0.2) is 41.4 Å². The van der Waals surface area contributed by atoms with Crippen molar-refractivity contribution in [3.8, 4) is 11.4 Å². The third-order valence-corrected chi connectivity index (χ3v) is 5.24. The van der Waals surface area contributed by atoms with E-state index in [0.29, 0.717) is 55.0 Å². The molecule has 1 aromatic heterocycles. The highest BCUT2D eigenvalue weighted by Crippen LogP contribution is 2.37. The summed E-state index contributed by atoms with van der Waals surface area (Å²) in [5.41, 5.74) is 0.796. The smallest absolute Gasteiger partial charge is 0.357 e. The largest absolute Gasteiger partial charge is 0.391 e. The van der Waals surface area contributed by atoms with Gasteiger partial charge in [0.1, 0.15) is 0 Å². The number of nitrogens with zero attached hydrogens (tertiary/aromatic N) is 3. The molecule has 1 fully saturated rings. The Labute approximate surface area is 201 Å². The second-order valence-corrected chi connectivity index (χ2v) is 7.71. The summed E-state index contributed by atoms with van der Waals surface area (Å²) >= 11 is 5.88. The zero-order valence-electron chi connectivity index (χ0n) is 17.1. The van der Waals surface area contributed by atoms with E-state index in [2.05, 4.69) is 25.8 Å². The first-order chi connectivity index (χ1) is 14.3. The lowest BCUT2D eigenvalue weighted by Crippen LogP contribution is -2.46. The molecule has 1 aliphatic rings. The summed E-state index contributed by atoms with van der Waals surface area (Å²) in [6.45, 7) is 2.89. The van der Waals surface area contributed by atoms with Crippen LogP contribution in [0.2, 0.25) is 5.02 Å². The van der Waals surface area contributed by atoms with E-state index in [1.54, 1.807) is 24.3 Å². The molecule has 2 atom stereocenters. The highest BCUT2D eigenvalue weighted by atomic mass is 127. The van der Waals surface area contributed by atoms with E-state index in [1.807, 2.05) is 6.92 Å². The van der Waals surface area contributed by atoms with Gasteiger partial charge in [0.15, 0.2) is 5.96 Å². The van der Waals surface area contributed by atoms with Crippen LogP contribution in [0.3, 0.4) is 0 Å². The maximum absolute atomic E-state index is 13.0. The van der Waals surface area contributed by atoms with Gasteiger partial charge in [0.05, 0.1) is 12.5 Å². The average molecular weight is 572 g/mol. The van der Waals surface area contributed by atoms with Crippen molar-refractivity contribution in [2.45, 2.75) is 51.2 Å². The van der Waals surface area contributed by atoms with E-state index in [-0.39, 0.29) is 42.9 Å². The normalized spacial score (nSPS) is 19.6. The predicted octanol–water partition coefficient (Wildman–Crippen LogP) is 5.23. The zero-order valence-corrected chi connectivity index (χ0v) is 20.2. The number of hydrogen-bond acceptors (Lipinski definition) is 4. The van der Waals surface area contributed by atoms with E-state index in [0.717, 1.165) is 5.56 Å². The van der Waals surface area contributed by atoms with E-state index in [9.17, 15) is 13.2 Å². The molecule has 1 aromatic carbocycles. The van der Waals surface area contributed by atoms with Crippen molar-refractivity contribution < 1.29 is 17.7 Å². The number of halogens is 5. The molecular weight excluding hydrogens is 546 g/mol. The fourth-order valence-corrected chi connectivity index (χ4v) is 3.59. The number of benzene rings is 1. The van der Waals surface area contributed by atoms with Crippen LogP contribution in [0.4, 0.5) is 13.2 Å². The summed E-state index contributed by atoms with van der Waals surface area (Å²) in [7, 11) is 0. The molecule has 2 unspecified atom stereocenters. The van der Waals surface area contributed by atoms with Crippen LogP contribution in [0.25, 0.3) is 11.4 Å². The van der Waals surface area contributed by atoms with Gasteiger partial charge in [0.25, 0.3) is 0 Å². The first kappa shape index (κ1) is 25.7. The lowest BCUT2D eigenvalue weighted by Gasteiger charge is -2.31. The summed E-state index contributed by atoms with van der Waals surface area (Å²) in [6, 6.07) is 6.87. The van der Waals surface area contributed by atoms with E-state index in [1.165, 1.54) is 0 Å². The Morgan fingerprint density at radius 1 is 1.26 bits per heavy atom. The Morgan fingerprint density at radius 2 is 2.00 bits per heavy atom. The standard InChI is InChI=1S/C20H25ClF3N5O.HI/c1-2-25-19(27-16-5-3-4-14(12-16)20(22,23)24)26-11-10-17-28-18(29-30-17)13-6-8-15(21)9-7-13;/h6-9,14,16H,2-5,10-12H2,1H3,(H2,25,26,27);1H. The minimum Gasteiger partial charge on any atom is -0.357 e. The number of guanidine groups is 1. The minimum atomic E-state index is -4.14. The average Bonchev–Trinajstić information content (AvgIpc) is 3.17. The lowest BCUT2D eigenvalue weighted by atomic mass is 9.85. The maximum atomic E-state index is 13.0. The molecule has 0 bridgehead atoms. The fraction of sp³-hybridized carbons (Fsp3) is 0.550. The van der Waals surface area contributed by atoms with Gasteiger partial charge in [-0.25, -0.2) is 0 Å². The minimum absolute atomic E-state index is 0. The van der Waals surface area contributed by atoms with Crippen LogP contribution in [0.15, 0.2) is 33.8 Å². The number of rotatable bonds is 6. The van der Waals surface area contributed by atoms with Crippen molar-refractivity contribution in [1.82, 2.24) is 20.8 Å². The van der Waals surface area contributed by atoms with Crippen LogP contribution in [0.5, 0.6) is 0 Å². The molecule has 172 valence electrons. The number of alkyl halides is 3. The Kier molecular flexibility index (Phi) is 9.86. The summed E-state index contributed by atoms with van der Waals surface area (Å²) < 4.78 is 44.4. The third-order valence-electron chi connectivity index (χ3n) is 4.99. The molecule has 1 heterocycles. The van der Waals surface area contributed by atoms with Crippen molar-refractivity contribution in [2.75, 3.05) is 13.1 Å². The van der Waals surface area contributed by atoms with Gasteiger partial charge < -0.3 is 15.2 Å². The summed E-state index contributed by atoms with van der Waals surface area (Å²) in [4.78, 5) is 8.80. The molecule has 31 heavy (non-hydrogen) atoms. The quantitative estimate of drug-likeness (QED) is 0.282. The van der Waals surface area contributed by atoms with Gasteiger partial charge in [0, 0.05) is 29.6 Å². The SMILES string of the molecule is CCNC(=NCCc1nc(-c2ccc(Cl)cc2)no1)NC1CCCC(C(F)(F)F)C1.I. The summed E-state index contributed by atoms with van der Waals surface area (Å²) in [6.07, 6.45) is -2.20. The topological polar surface area (TPSA) is 75.3 Å². The number of aliphatic imine (C=N–C) groups is 1. The van der Waals surface area contributed by atoms with Crippen LogP contribution < -0.4 is 10.6 Å². The molecule has 0 spiro atoms. The van der Waals surface area contributed by atoms with Gasteiger partial charge in [-0.1, -0.05) is 23.2 Å².